The summed E-state index contributed by atoms with van der Waals surface area (Å²) in [5.41, 5.74) is 1.29. The van der Waals surface area contributed by atoms with Crippen molar-refractivity contribution < 1.29 is 19.0 Å². The molecule has 0 aliphatic carbocycles. The quantitative estimate of drug-likeness (QED) is 0.835. The van der Waals surface area contributed by atoms with Gasteiger partial charge in [-0.25, -0.2) is 4.39 Å². The zero-order chi connectivity index (χ0) is 18.9. The van der Waals surface area contributed by atoms with Crippen molar-refractivity contribution in [3.8, 4) is 11.5 Å². The van der Waals surface area contributed by atoms with E-state index in [0.717, 1.165) is 24.9 Å². The molecule has 2 aliphatic heterocycles. The molecular formula is C21H23ClFNO3. The average Bonchev–Trinajstić information content (AvgIpc) is 3.11. The Morgan fingerprint density at radius 2 is 1.93 bits per heavy atom. The van der Waals surface area contributed by atoms with E-state index in [-0.39, 0.29) is 24.6 Å². The number of rotatable bonds is 5. The van der Waals surface area contributed by atoms with Crippen LogP contribution in [0.15, 0.2) is 36.4 Å². The average molecular weight is 392 g/mol. The van der Waals surface area contributed by atoms with Gasteiger partial charge in [-0.15, -0.1) is 0 Å². The summed E-state index contributed by atoms with van der Waals surface area (Å²) in [6.07, 6.45) is 2.36. The van der Waals surface area contributed by atoms with Crippen molar-refractivity contribution in [2.24, 2.45) is 5.41 Å². The van der Waals surface area contributed by atoms with Gasteiger partial charge in [-0.3, -0.25) is 4.90 Å². The first-order chi connectivity index (χ1) is 13.1. The van der Waals surface area contributed by atoms with Crippen LogP contribution < -0.4 is 9.47 Å². The van der Waals surface area contributed by atoms with E-state index in [4.69, 9.17) is 21.1 Å². The smallest absolute Gasteiger partial charge is 0.231 e. The third kappa shape index (κ3) is 3.91. The van der Waals surface area contributed by atoms with Gasteiger partial charge in [0.2, 0.25) is 6.79 Å². The lowest BCUT2D eigenvalue weighted by atomic mass is 9.75. The molecule has 0 bridgehead atoms. The summed E-state index contributed by atoms with van der Waals surface area (Å²) in [6, 6.07) is 10.5. The minimum atomic E-state index is -0.344. The fourth-order valence-electron chi connectivity index (χ4n) is 4.14. The van der Waals surface area contributed by atoms with Gasteiger partial charge in [-0.05, 0) is 49.1 Å². The van der Waals surface area contributed by atoms with Crippen molar-refractivity contribution in [1.29, 1.82) is 0 Å². The van der Waals surface area contributed by atoms with Gasteiger partial charge in [0.15, 0.2) is 11.5 Å². The first-order valence-electron chi connectivity index (χ1n) is 9.23. The third-order valence-electron chi connectivity index (χ3n) is 5.53. The molecule has 6 heteroatoms. The second-order valence-electron chi connectivity index (χ2n) is 7.54. The lowest BCUT2D eigenvalue weighted by molar-refractivity contribution is 0.0283. The number of aliphatic hydroxyl groups is 1. The van der Waals surface area contributed by atoms with E-state index < -0.39 is 0 Å². The minimum absolute atomic E-state index is 0.0344. The lowest BCUT2D eigenvalue weighted by Crippen LogP contribution is -2.46. The molecule has 0 radical (unpaired) electrons. The first-order valence-corrected chi connectivity index (χ1v) is 9.61. The van der Waals surface area contributed by atoms with Crippen LogP contribution in [0.3, 0.4) is 0 Å². The van der Waals surface area contributed by atoms with Crippen LogP contribution in [0, 0.1) is 11.2 Å². The normalized spacial score (nSPS) is 22.2. The highest BCUT2D eigenvalue weighted by molar-refractivity contribution is 6.31. The predicted molar refractivity (Wildman–Crippen MR) is 102 cm³/mol. The van der Waals surface area contributed by atoms with E-state index in [1.807, 2.05) is 12.1 Å². The number of nitrogens with zero attached hydrogens (tertiary/aromatic N) is 1. The molecule has 1 saturated heterocycles. The van der Waals surface area contributed by atoms with E-state index in [2.05, 4.69) is 4.90 Å². The van der Waals surface area contributed by atoms with Crippen LogP contribution in [0.25, 0.3) is 0 Å². The molecule has 2 heterocycles. The highest BCUT2D eigenvalue weighted by Gasteiger charge is 2.36. The van der Waals surface area contributed by atoms with Gasteiger partial charge < -0.3 is 14.6 Å². The van der Waals surface area contributed by atoms with Gasteiger partial charge in [-0.2, -0.15) is 0 Å². The zero-order valence-electron chi connectivity index (χ0n) is 15.1. The summed E-state index contributed by atoms with van der Waals surface area (Å²) in [7, 11) is 0. The Morgan fingerprint density at radius 1 is 1.15 bits per heavy atom. The molecule has 4 nitrogen and oxygen atoms in total. The van der Waals surface area contributed by atoms with Crippen LogP contribution in [0.5, 0.6) is 11.5 Å². The highest BCUT2D eigenvalue weighted by atomic mass is 35.5. The van der Waals surface area contributed by atoms with Gasteiger partial charge in [0.25, 0.3) is 0 Å². The number of hydrogen-bond acceptors (Lipinski definition) is 4. The molecule has 2 aliphatic rings. The Morgan fingerprint density at radius 3 is 2.70 bits per heavy atom. The number of benzene rings is 2. The maximum absolute atomic E-state index is 14.1. The number of halogens is 2. The van der Waals surface area contributed by atoms with E-state index in [9.17, 15) is 9.50 Å². The fourth-order valence-corrected chi connectivity index (χ4v) is 4.35. The molecule has 27 heavy (non-hydrogen) atoms. The molecule has 1 fully saturated rings. The Hall–Kier alpha value is -1.82. The Bertz CT molecular complexity index is 831. The highest BCUT2D eigenvalue weighted by Crippen LogP contribution is 2.39. The van der Waals surface area contributed by atoms with Gasteiger partial charge in [0.05, 0.1) is 6.61 Å². The molecule has 0 amide bonds. The largest absolute Gasteiger partial charge is 0.454 e. The van der Waals surface area contributed by atoms with Crippen molar-refractivity contribution in [3.63, 3.8) is 0 Å². The molecule has 1 atom stereocenters. The minimum Gasteiger partial charge on any atom is -0.454 e. The first kappa shape index (κ1) is 18.5. The molecule has 0 unspecified atom stereocenters. The van der Waals surface area contributed by atoms with Gasteiger partial charge >= 0.3 is 0 Å². The van der Waals surface area contributed by atoms with Crippen LogP contribution in [0.2, 0.25) is 5.02 Å². The maximum atomic E-state index is 14.1. The molecular weight excluding hydrogens is 369 g/mol. The van der Waals surface area contributed by atoms with Crippen LogP contribution in [0.1, 0.15) is 24.0 Å². The van der Waals surface area contributed by atoms with E-state index in [0.29, 0.717) is 41.6 Å². The van der Waals surface area contributed by atoms with E-state index >= 15 is 0 Å². The standard InChI is InChI=1S/C21H23ClFNO3/c22-17-9-20-19(26-14-27-20)8-16(17)11-24-7-3-6-21(12-24,13-25)10-15-4-1-2-5-18(15)23/h1-2,4-5,8-9,25H,3,6-7,10-14H2/t21-/m0/s1. The Kier molecular flexibility index (Phi) is 5.26. The van der Waals surface area contributed by atoms with E-state index in [1.54, 1.807) is 18.2 Å². The van der Waals surface area contributed by atoms with Crippen LogP contribution in [-0.2, 0) is 13.0 Å². The summed E-state index contributed by atoms with van der Waals surface area (Å²) in [5.74, 6) is 1.18. The fraction of sp³-hybridized carbons (Fsp3) is 0.429. The number of likely N-dealkylation sites (tertiary alicyclic amines) is 1. The number of aliphatic hydroxyl groups excluding tert-OH is 1. The predicted octanol–water partition coefficient (Wildman–Crippen LogP) is 4.03. The monoisotopic (exact) mass is 391 g/mol. The van der Waals surface area contributed by atoms with Crippen molar-refractivity contribution in [3.05, 3.63) is 58.4 Å². The van der Waals surface area contributed by atoms with Crippen molar-refractivity contribution in [2.45, 2.75) is 25.8 Å². The molecule has 0 spiro atoms. The second kappa shape index (κ2) is 7.66. The summed E-state index contributed by atoms with van der Waals surface area (Å²) in [5, 5.41) is 10.8. The maximum Gasteiger partial charge on any atom is 0.231 e. The molecule has 2 aromatic carbocycles. The van der Waals surface area contributed by atoms with Crippen molar-refractivity contribution >= 4 is 11.6 Å². The topological polar surface area (TPSA) is 41.9 Å². The lowest BCUT2D eigenvalue weighted by Gasteiger charge is -2.42. The van der Waals surface area contributed by atoms with E-state index in [1.165, 1.54) is 6.07 Å². The van der Waals surface area contributed by atoms with Gasteiger partial charge in [0.1, 0.15) is 5.82 Å². The van der Waals surface area contributed by atoms with Gasteiger partial charge in [0, 0.05) is 29.6 Å². The number of fused-ring (bicyclic) bond motifs is 1. The number of piperidine rings is 1. The van der Waals surface area contributed by atoms with Crippen molar-refractivity contribution in [1.82, 2.24) is 4.90 Å². The molecule has 144 valence electrons. The molecule has 2 aromatic rings. The summed E-state index contributed by atoms with van der Waals surface area (Å²) in [4.78, 5) is 2.28. The summed E-state index contributed by atoms with van der Waals surface area (Å²) < 4.78 is 25.0. The summed E-state index contributed by atoms with van der Waals surface area (Å²) in [6.45, 7) is 2.53. The molecule has 4 rings (SSSR count). The number of hydrogen-bond donors (Lipinski definition) is 1. The molecule has 0 saturated carbocycles. The second-order valence-corrected chi connectivity index (χ2v) is 7.94. The molecule has 0 aromatic heterocycles. The number of ether oxygens (including phenoxy) is 2. The zero-order valence-corrected chi connectivity index (χ0v) is 15.8. The Balaban J connectivity index is 1.51. The van der Waals surface area contributed by atoms with Crippen LogP contribution >= 0.6 is 11.6 Å². The van der Waals surface area contributed by atoms with Crippen molar-refractivity contribution in [2.75, 3.05) is 26.5 Å². The SMILES string of the molecule is OC[C@]1(Cc2ccccc2F)CCCN(Cc2cc3c(cc2Cl)OCO3)C1. The summed E-state index contributed by atoms with van der Waals surface area (Å²) >= 11 is 6.42. The van der Waals surface area contributed by atoms with Crippen LogP contribution in [-0.4, -0.2) is 36.5 Å². The van der Waals surface area contributed by atoms with Crippen LogP contribution in [0.4, 0.5) is 4.39 Å². The third-order valence-corrected chi connectivity index (χ3v) is 5.89. The van der Waals surface area contributed by atoms with Gasteiger partial charge in [-0.1, -0.05) is 29.8 Å². The Labute approximate surface area is 163 Å². The molecule has 1 N–H and O–H groups in total.